The van der Waals surface area contributed by atoms with Gasteiger partial charge >= 0.3 is 5.97 Å². The van der Waals surface area contributed by atoms with Gasteiger partial charge in [-0.3, -0.25) is 9.59 Å². The third-order valence-corrected chi connectivity index (χ3v) is 4.35. The van der Waals surface area contributed by atoms with E-state index in [1.807, 2.05) is 6.07 Å². The fraction of sp³-hybridized carbons (Fsp3) is 0.316. The lowest BCUT2D eigenvalue weighted by atomic mass is 10.0. The summed E-state index contributed by atoms with van der Waals surface area (Å²) in [5, 5.41) is 9.78. The lowest BCUT2D eigenvalue weighted by Gasteiger charge is -2.04. The second-order valence-corrected chi connectivity index (χ2v) is 6.16. The number of carbonyl (C=O) groups is 2. The van der Waals surface area contributed by atoms with Gasteiger partial charge in [0.05, 0.1) is 12.7 Å². The van der Waals surface area contributed by atoms with Crippen LogP contribution in [-0.2, 0) is 33.6 Å². The summed E-state index contributed by atoms with van der Waals surface area (Å²) in [6.45, 7) is 0.954. The van der Waals surface area contributed by atoms with Crippen LogP contribution in [0.1, 0.15) is 30.0 Å². The van der Waals surface area contributed by atoms with Gasteiger partial charge in [-0.1, -0.05) is 0 Å². The van der Waals surface area contributed by atoms with E-state index in [1.54, 1.807) is 12.3 Å². The number of allylic oxidation sites excluding steroid dienone is 1. The zero-order chi connectivity index (χ0) is 18.0. The van der Waals surface area contributed by atoms with Gasteiger partial charge in [0.2, 0.25) is 5.78 Å². The molecule has 1 aliphatic rings. The number of fused-ring (bicyclic) bond motifs is 2. The van der Waals surface area contributed by atoms with E-state index in [0.717, 1.165) is 35.8 Å². The van der Waals surface area contributed by atoms with Crippen molar-refractivity contribution in [2.24, 2.45) is 5.73 Å². The molecule has 6 nitrogen and oxygen atoms in total. The van der Waals surface area contributed by atoms with Crippen molar-refractivity contribution in [2.45, 2.75) is 32.6 Å². The van der Waals surface area contributed by atoms with E-state index >= 15 is 0 Å². The van der Waals surface area contributed by atoms with E-state index in [1.165, 1.54) is 18.1 Å². The molecule has 2 aromatic rings. The Labute approximate surface area is 144 Å². The van der Waals surface area contributed by atoms with Gasteiger partial charge < -0.3 is 14.9 Å². The van der Waals surface area contributed by atoms with E-state index in [-0.39, 0.29) is 17.7 Å². The van der Waals surface area contributed by atoms with E-state index in [4.69, 9.17) is 20.1 Å². The fourth-order valence-electron chi connectivity index (χ4n) is 3.08. The second-order valence-electron chi connectivity index (χ2n) is 6.16. The number of nitrogens with zero attached hydrogens (tertiary/aromatic N) is 1. The van der Waals surface area contributed by atoms with Crippen molar-refractivity contribution in [1.29, 1.82) is 5.26 Å². The molecule has 0 saturated carbocycles. The summed E-state index contributed by atoms with van der Waals surface area (Å²) in [6, 6.07) is 5.82. The van der Waals surface area contributed by atoms with Crippen molar-refractivity contribution in [3.05, 3.63) is 46.4 Å². The first kappa shape index (κ1) is 16.8. The lowest BCUT2D eigenvalue weighted by Crippen LogP contribution is -2.18. The molecule has 0 amide bonds. The van der Waals surface area contributed by atoms with Crippen LogP contribution in [0.5, 0.6) is 0 Å². The Balaban J connectivity index is 1.68. The number of Topliss-reactive ketones (excluding diaryl/α,β-unsaturated/α-hetero) is 1. The number of ketones is 1. The van der Waals surface area contributed by atoms with Crippen molar-refractivity contribution in [1.82, 2.24) is 0 Å². The summed E-state index contributed by atoms with van der Waals surface area (Å²) >= 11 is 0. The van der Waals surface area contributed by atoms with Gasteiger partial charge in [0.1, 0.15) is 17.2 Å². The first-order valence-corrected chi connectivity index (χ1v) is 8.06. The molecule has 6 heteroatoms. The number of nitrogens with two attached hydrogens (primary N) is 1. The topological polar surface area (TPSA) is 106 Å². The lowest BCUT2D eigenvalue weighted by molar-refractivity contribution is -0.146. The van der Waals surface area contributed by atoms with Gasteiger partial charge in [0.15, 0.2) is 6.61 Å². The summed E-state index contributed by atoms with van der Waals surface area (Å²) in [5.41, 5.74) is 9.46. The number of carbonyl (C=O) groups excluding carboxylic acids is 2. The smallest absolute Gasteiger partial charge is 0.310 e. The molecule has 1 aliphatic carbocycles. The van der Waals surface area contributed by atoms with Crippen LogP contribution in [0, 0.1) is 11.3 Å². The summed E-state index contributed by atoms with van der Waals surface area (Å²) in [5.74, 6) is -1.16. The number of hydrogen-bond donors (Lipinski definition) is 1. The quantitative estimate of drug-likeness (QED) is 0.509. The maximum absolute atomic E-state index is 12.0. The highest BCUT2D eigenvalue weighted by Crippen LogP contribution is 2.30. The molecule has 0 fully saturated rings. The molecule has 128 valence electrons. The molecule has 0 radical (unpaired) electrons. The monoisotopic (exact) mass is 338 g/mol. The number of nitriles is 1. The fourth-order valence-corrected chi connectivity index (χ4v) is 3.08. The third kappa shape index (κ3) is 3.41. The Bertz CT molecular complexity index is 927. The zero-order valence-electron chi connectivity index (χ0n) is 13.9. The number of furan rings is 1. The van der Waals surface area contributed by atoms with Gasteiger partial charge in [0.25, 0.3) is 0 Å². The molecule has 1 aromatic heterocycles. The molecule has 1 heterocycles. The average molecular weight is 338 g/mol. The third-order valence-electron chi connectivity index (χ3n) is 4.35. The molecule has 1 aromatic carbocycles. The minimum atomic E-state index is -0.606. The summed E-state index contributed by atoms with van der Waals surface area (Å²) in [4.78, 5) is 23.8. The minimum Gasteiger partial charge on any atom is -0.464 e. The number of benzene rings is 1. The predicted molar refractivity (Wildman–Crippen MR) is 90.4 cm³/mol. The molecule has 0 aliphatic heterocycles. The van der Waals surface area contributed by atoms with Crippen LogP contribution < -0.4 is 5.73 Å². The van der Waals surface area contributed by atoms with E-state index in [0.29, 0.717) is 0 Å². The normalized spacial score (nSPS) is 13.9. The van der Waals surface area contributed by atoms with Crippen LogP contribution in [-0.4, -0.2) is 18.4 Å². The van der Waals surface area contributed by atoms with Crippen molar-refractivity contribution >= 4 is 22.7 Å². The SMILES string of the molecule is CC(N)=C(C#N)C(=O)COC(=O)Cc1coc2cc3c(cc12)CCC3. The highest BCUT2D eigenvalue weighted by atomic mass is 16.5. The van der Waals surface area contributed by atoms with Gasteiger partial charge in [-0.05, 0) is 49.4 Å². The number of esters is 1. The second kappa shape index (κ2) is 6.81. The molecule has 0 saturated heterocycles. The van der Waals surface area contributed by atoms with Gasteiger partial charge in [-0.2, -0.15) is 5.26 Å². The molecule has 3 rings (SSSR count). The van der Waals surface area contributed by atoms with E-state index in [9.17, 15) is 9.59 Å². The highest BCUT2D eigenvalue weighted by molar-refractivity contribution is 6.01. The Hall–Kier alpha value is -3.07. The van der Waals surface area contributed by atoms with Crippen molar-refractivity contribution in [2.75, 3.05) is 6.61 Å². The van der Waals surface area contributed by atoms with Crippen molar-refractivity contribution < 1.29 is 18.7 Å². The number of hydrogen-bond acceptors (Lipinski definition) is 6. The standard InChI is InChI=1S/C19H18N2O4/c1-11(21)16(8-20)17(22)10-25-19(23)7-14-9-24-18-6-13-4-2-3-12(13)5-15(14)18/h5-6,9H,2-4,7,10,21H2,1H3. The summed E-state index contributed by atoms with van der Waals surface area (Å²) in [7, 11) is 0. The van der Waals surface area contributed by atoms with Gasteiger partial charge in [-0.15, -0.1) is 0 Å². The maximum Gasteiger partial charge on any atom is 0.310 e. The van der Waals surface area contributed by atoms with Crippen LogP contribution >= 0.6 is 0 Å². The van der Waals surface area contributed by atoms with Crippen molar-refractivity contribution in [3.63, 3.8) is 0 Å². The Morgan fingerprint density at radius 3 is 2.72 bits per heavy atom. The molecule has 25 heavy (non-hydrogen) atoms. The molecule has 2 N–H and O–H groups in total. The molecule has 0 bridgehead atoms. The molecular weight excluding hydrogens is 320 g/mol. The first-order valence-electron chi connectivity index (χ1n) is 8.06. The number of rotatable bonds is 5. The van der Waals surface area contributed by atoms with Crippen LogP contribution in [0.25, 0.3) is 11.0 Å². The average Bonchev–Trinajstić information content (AvgIpc) is 3.18. The molecular formula is C19H18N2O4. The minimum absolute atomic E-state index is 0.00623. The van der Waals surface area contributed by atoms with E-state index in [2.05, 4.69) is 6.07 Å². The number of ether oxygens (including phenoxy) is 1. The van der Waals surface area contributed by atoms with E-state index < -0.39 is 18.4 Å². The summed E-state index contributed by atoms with van der Waals surface area (Å²) < 4.78 is 10.5. The summed E-state index contributed by atoms with van der Waals surface area (Å²) in [6.07, 6.45) is 4.79. The largest absolute Gasteiger partial charge is 0.464 e. The molecule has 0 atom stereocenters. The first-order chi connectivity index (χ1) is 12.0. The number of aryl methyl sites for hydroxylation is 2. The predicted octanol–water partition coefficient (Wildman–Crippen LogP) is 2.33. The van der Waals surface area contributed by atoms with Crippen LogP contribution in [0.3, 0.4) is 0 Å². The maximum atomic E-state index is 12.0. The Kier molecular flexibility index (Phi) is 4.57. The van der Waals surface area contributed by atoms with Crippen molar-refractivity contribution in [3.8, 4) is 6.07 Å². The van der Waals surface area contributed by atoms with Gasteiger partial charge in [0, 0.05) is 16.6 Å². The Morgan fingerprint density at radius 1 is 1.32 bits per heavy atom. The van der Waals surface area contributed by atoms with Crippen LogP contribution in [0.4, 0.5) is 0 Å². The molecule has 0 spiro atoms. The zero-order valence-corrected chi connectivity index (χ0v) is 13.9. The van der Waals surface area contributed by atoms with Crippen LogP contribution in [0.2, 0.25) is 0 Å². The van der Waals surface area contributed by atoms with Gasteiger partial charge in [-0.25, -0.2) is 0 Å². The Morgan fingerprint density at radius 2 is 2.04 bits per heavy atom. The van der Waals surface area contributed by atoms with Crippen LogP contribution in [0.15, 0.2) is 34.1 Å². The highest BCUT2D eigenvalue weighted by Gasteiger charge is 2.18. The molecule has 0 unspecified atom stereocenters.